The van der Waals surface area contributed by atoms with Gasteiger partial charge in [0.05, 0.1) is 22.3 Å². The van der Waals surface area contributed by atoms with E-state index in [0.29, 0.717) is 10.8 Å². The summed E-state index contributed by atoms with van der Waals surface area (Å²) in [7, 11) is 3.13. The van der Waals surface area contributed by atoms with Crippen LogP contribution in [0.1, 0.15) is 36.0 Å². The molecule has 0 aliphatic rings. The number of phenolic OH excluding ortho intramolecular Hbond substituents is 1. The highest BCUT2D eigenvalue weighted by molar-refractivity contribution is 6.30. The van der Waals surface area contributed by atoms with E-state index in [2.05, 4.69) is 10.6 Å². The molecule has 0 spiro atoms. The van der Waals surface area contributed by atoms with Crippen molar-refractivity contribution in [1.29, 1.82) is 0 Å². The van der Waals surface area contributed by atoms with E-state index in [1.54, 1.807) is 26.2 Å². The third-order valence-corrected chi connectivity index (χ3v) is 4.90. The fourth-order valence-corrected chi connectivity index (χ4v) is 3.21. The van der Waals surface area contributed by atoms with E-state index in [0.717, 1.165) is 0 Å². The number of nitrogens with zero attached hydrogens (tertiary/aromatic N) is 1. The number of carbonyl (C=O) groups is 1. The van der Waals surface area contributed by atoms with Gasteiger partial charge in [-0.3, -0.25) is 14.4 Å². The predicted molar refractivity (Wildman–Crippen MR) is 116 cm³/mol. The van der Waals surface area contributed by atoms with Crippen molar-refractivity contribution >= 4 is 34.6 Å². The Morgan fingerprint density at radius 2 is 1.83 bits per heavy atom. The zero-order valence-electron chi connectivity index (χ0n) is 16.9. The number of hydrogen-bond acceptors (Lipinski definition) is 7. The monoisotopic (exact) mass is 431 g/mol. The highest BCUT2D eigenvalue weighted by Crippen LogP contribution is 2.34. The van der Waals surface area contributed by atoms with E-state index in [4.69, 9.17) is 16.0 Å². The molecule has 158 valence electrons. The number of benzene rings is 1. The fraction of sp³-hybridized carbons (Fsp3) is 0.286. The Balaban J connectivity index is 1.93. The van der Waals surface area contributed by atoms with Crippen LogP contribution in [0.4, 0.5) is 17.1 Å². The molecular formula is C21H22ClN3O5. The number of anilines is 3. The molecular weight excluding hydrogens is 410 g/mol. The van der Waals surface area contributed by atoms with Gasteiger partial charge in [-0.15, -0.1) is 0 Å². The van der Waals surface area contributed by atoms with Crippen molar-refractivity contribution in [2.45, 2.75) is 19.9 Å². The van der Waals surface area contributed by atoms with Gasteiger partial charge in [0.15, 0.2) is 5.75 Å². The number of aromatic hydroxyl groups is 1. The van der Waals surface area contributed by atoms with Crippen LogP contribution in [0.25, 0.3) is 0 Å². The maximum atomic E-state index is 12.2. The molecule has 1 aromatic heterocycles. The number of rotatable bonds is 7. The fourth-order valence-electron chi connectivity index (χ4n) is 3.05. The molecule has 0 unspecified atom stereocenters. The maximum absolute atomic E-state index is 12.2. The van der Waals surface area contributed by atoms with Gasteiger partial charge in [-0.05, 0) is 18.1 Å². The summed E-state index contributed by atoms with van der Waals surface area (Å²) in [5.41, 5.74) is -1.10. The summed E-state index contributed by atoms with van der Waals surface area (Å²) < 4.78 is 5.44. The van der Waals surface area contributed by atoms with Gasteiger partial charge in [-0.25, -0.2) is 0 Å². The number of carbonyl (C=O) groups excluding carboxylic acids is 1. The number of halogens is 1. The first-order chi connectivity index (χ1) is 14.1. The predicted octanol–water partition coefficient (Wildman–Crippen LogP) is 3.49. The van der Waals surface area contributed by atoms with Crippen LogP contribution < -0.4 is 21.5 Å². The highest BCUT2D eigenvalue weighted by Gasteiger charge is 2.28. The van der Waals surface area contributed by atoms with Crippen LogP contribution in [0.15, 0.2) is 44.5 Å². The highest BCUT2D eigenvalue weighted by atomic mass is 35.5. The first-order valence-corrected chi connectivity index (χ1v) is 9.64. The molecule has 1 amide bonds. The minimum Gasteiger partial charge on any atom is -0.505 e. The average Bonchev–Trinajstić information content (AvgIpc) is 3.13. The molecule has 3 N–H and O–H groups in total. The molecule has 0 aliphatic carbocycles. The Labute approximate surface area is 177 Å². The second-order valence-corrected chi connectivity index (χ2v) is 7.90. The van der Waals surface area contributed by atoms with Gasteiger partial charge in [-0.2, -0.15) is 0 Å². The second-order valence-electron chi connectivity index (χ2n) is 7.47. The number of hydrogen-bond donors (Lipinski definition) is 3. The molecule has 0 bridgehead atoms. The van der Waals surface area contributed by atoms with E-state index < -0.39 is 22.8 Å². The zero-order valence-corrected chi connectivity index (χ0v) is 17.7. The lowest BCUT2D eigenvalue weighted by Gasteiger charge is -2.24. The minimum atomic E-state index is -0.721. The van der Waals surface area contributed by atoms with Crippen LogP contribution in [0.5, 0.6) is 5.75 Å². The Morgan fingerprint density at radius 1 is 1.17 bits per heavy atom. The number of amides is 1. The number of para-hydroxylation sites is 1. The Hall–Kier alpha value is -3.26. The van der Waals surface area contributed by atoms with E-state index in [9.17, 15) is 19.5 Å². The van der Waals surface area contributed by atoms with E-state index >= 15 is 0 Å². The van der Waals surface area contributed by atoms with Crippen molar-refractivity contribution in [2.75, 3.05) is 24.7 Å². The largest absolute Gasteiger partial charge is 0.505 e. The van der Waals surface area contributed by atoms with Crippen molar-refractivity contribution in [3.63, 3.8) is 0 Å². The van der Waals surface area contributed by atoms with Crippen molar-refractivity contribution in [3.8, 4) is 5.75 Å². The minimum absolute atomic E-state index is 0.00746. The lowest BCUT2D eigenvalue weighted by Crippen LogP contribution is -2.38. The lowest BCUT2D eigenvalue weighted by molar-refractivity contribution is 0.0824. The second kappa shape index (κ2) is 8.23. The van der Waals surface area contributed by atoms with E-state index in [-0.39, 0.29) is 34.3 Å². The number of phenols is 1. The first kappa shape index (κ1) is 21.4. The van der Waals surface area contributed by atoms with Crippen LogP contribution >= 0.6 is 11.6 Å². The summed E-state index contributed by atoms with van der Waals surface area (Å²) in [6.45, 7) is 3.85. The van der Waals surface area contributed by atoms with Gasteiger partial charge in [0.2, 0.25) is 0 Å². The number of nitrogens with one attached hydrogen (secondary N) is 2. The van der Waals surface area contributed by atoms with Crippen LogP contribution in [0.3, 0.4) is 0 Å². The Bertz CT molecular complexity index is 1160. The quantitative estimate of drug-likeness (QED) is 0.387. The summed E-state index contributed by atoms with van der Waals surface area (Å²) >= 11 is 5.94. The smallest absolute Gasteiger partial charge is 0.257 e. The molecule has 8 nitrogen and oxygen atoms in total. The third kappa shape index (κ3) is 3.91. The number of furan rings is 1. The van der Waals surface area contributed by atoms with Gasteiger partial charge < -0.3 is 25.1 Å². The van der Waals surface area contributed by atoms with Gasteiger partial charge >= 0.3 is 0 Å². The van der Waals surface area contributed by atoms with E-state index in [1.807, 2.05) is 13.8 Å². The van der Waals surface area contributed by atoms with Gasteiger partial charge in [0.1, 0.15) is 23.4 Å². The topological polar surface area (TPSA) is 112 Å². The summed E-state index contributed by atoms with van der Waals surface area (Å²) in [6.07, 6.45) is 1.39. The first-order valence-electron chi connectivity index (χ1n) is 9.26. The van der Waals surface area contributed by atoms with Crippen LogP contribution in [-0.4, -0.2) is 30.0 Å². The molecule has 2 aromatic carbocycles. The van der Waals surface area contributed by atoms with Crippen molar-refractivity contribution in [3.05, 3.63) is 67.3 Å². The molecule has 1 atom stereocenters. The van der Waals surface area contributed by atoms with Crippen molar-refractivity contribution in [1.82, 2.24) is 4.90 Å². The third-order valence-electron chi connectivity index (χ3n) is 4.70. The Kier molecular flexibility index (Phi) is 5.89. The normalized spacial score (nSPS) is 12.2. The zero-order chi connectivity index (χ0) is 22.2. The van der Waals surface area contributed by atoms with Crippen LogP contribution in [0, 0.1) is 5.92 Å². The van der Waals surface area contributed by atoms with Crippen LogP contribution in [-0.2, 0) is 0 Å². The van der Waals surface area contributed by atoms with E-state index in [1.165, 1.54) is 23.3 Å². The molecule has 1 heterocycles. The van der Waals surface area contributed by atoms with Gasteiger partial charge in [0, 0.05) is 20.2 Å². The summed E-state index contributed by atoms with van der Waals surface area (Å²) in [4.78, 5) is 38.0. The lowest BCUT2D eigenvalue weighted by atomic mass is 10.0. The average molecular weight is 432 g/mol. The van der Waals surface area contributed by atoms with Gasteiger partial charge in [-0.1, -0.05) is 31.5 Å². The molecule has 30 heavy (non-hydrogen) atoms. The molecule has 9 heteroatoms. The molecule has 3 rings (SSSR count). The van der Waals surface area contributed by atoms with Crippen molar-refractivity contribution in [2.24, 2.45) is 5.92 Å². The SMILES string of the molecule is CC(C)[C@@H](Nc1c(Nc2cccc(C(=O)N(C)C)c2O)c(=O)c1=O)c1cc(Cl)co1. The summed E-state index contributed by atoms with van der Waals surface area (Å²) in [5.74, 6) is -0.170. The summed E-state index contributed by atoms with van der Waals surface area (Å²) in [6, 6.07) is 5.78. The molecule has 0 saturated carbocycles. The van der Waals surface area contributed by atoms with Crippen LogP contribution in [0.2, 0.25) is 5.02 Å². The standard InChI is InChI=1S/C21H22ClN3O5/c1-10(2)15(14-8-11(22)9-30-14)24-17-16(19(27)20(17)28)23-13-7-5-6-12(18(13)26)21(29)25(3)4/h5-10,15,23-24,26H,1-4H3/t15-/m1/s1. The maximum Gasteiger partial charge on any atom is 0.257 e. The molecule has 3 aromatic rings. The molecule has 0 saturated heterocycles. The van der Waals surface area contributed by atoms with Crippen molar-refractivity contribution < 1.29 is 14.3 Å². The molecule has 0 aliphatic heterocycles. The summed E-state index contributed by atoms with van der Waals surface area (Å²) in [5, 5.41) is 16.7. The Morgan fingerprint density at radius 3 is 2.40 bits per heavy atom. The van der Waals surface area contributed by atoms with Gasteiger partial charge in [0.25, 0.3) is 16.8 Å². The molecule has 0 radical (unpaired) electrons. The molecule has 0 fully saturated rings.